The highest BCUT2D eigenvalue weighted by Gasteiger charge is 2.12. The largest absolute Gasteiger partial charge is 0.497 e. The number of rotatable bonds is 4. The molecular formula is C14H15N3O2. The van der Waals surface area contributed by atoms with E-state index in [0.29, 0.717) is 22.9 Å². The van der Waals surface area contributed by atoms with Gasteiger partial charge in [-0.3, -0.25) is 5.41 Å². The second-order valence-electron chi connectivity index (χ2n) is 4.00. The minimum absolute atomic E-state index is 0.0662. The third-order valence-electron chi connectivity index (χ3n) is 2.65. The van der Waals surface area contributed by atoms with Crippen LogP contribution in [0.15, 0.2) is 36.5 Å². The van der Waals surface area contributed by atoms with Gasteiger partial charge in [-0.05, 0) is 30.7 Å². The van der Waals surface area contributed by atoms with Crippen molar-refractivity contribution in [2.75, 3.05) is 7.11 Å². The molecule has 0 unspecified atom stereocenters. The Hall–Kier alpha value is -2.56. The van der Waals surface area contributed by atoms with Gasteiger partial charge in [0.05, 0.1) is 12.7 Å². The molecule has 1 aromatic heterocycles. The standard InChI is InChI=1S/C14H15N3O2/c1-9-6-7-17-14(12(9)13(15)16)19-11-5-3-4-10(8-11)18-2/h3-8H,1-2H3,(H3,15,16). The Bertz CT molecular complexity index is 611. The lowest BCUT2D eigenvalue weighted by molar-refractivity contribution is 0.407. The van der Waals surface area contributed by atoms with E-state index in [1.807, 2.05) is 19.1 Å². The molecule has 0 saturated carbocycles. The third kappa shape index (κ3) is 2.82. The smallest absolute Gasteiger partial charge is 0.230 e. The van der Waals surface area contributed by atoms with Crippen molar-refractivity contribution < 1.29 is 9.47 Å². The summed E-state index contributed by atoms with van der Waals surface area (Å²) in [5, 5.41) is 7.59. The highest BCUT2D eigenvalue weighted by atomic mass is 16.5. The Kier molecular flexibility index (Phi) is 3.66. The number of nitrogens with two attached hydrogens (primary N) is 1. The monoisotopic (exact) mass is 257 g/mol. The predicted octanol–water partition coefficient (Wildman–Crippen LogP) is 2.47. The number of nitrogens with zero attached hydrogens (tertiary/aromatic N) is 1. The van der Waals surface area contributed by atoms with Crippen molar-refractivity contribution in [2.24, 2.45) is 5.73 Å². The van der Waals surface area contributed by atoms with Crippen LogP contribution in [0.5, 0.6) is 17.4 Å². The molecule has 0 radical (unpaired) electrons. The molecular weight excluding hydrogens is 242 g/mol. The lowest BCUT2D eigenvalue weighted by Gasteiger charge is -2.11. The summed E-state index contributed by atoms with van der Waals surface area (Å²) in [5.74, 6) is 1.53. The minimum atomic E-state index is -0.0662. The van der Waals surface area contributed by atoms with Crippen LogP contribution >= 0.6 is 0 Å². The van der Waals surface area contributed by atoms with Crippen LogP contribution in [0.25, 0.3) is 0 Å². The van der Waals surface area contributed by atoms with E-state index in [0.717, 1.165) is 5.56 Å². The van der Waals surface area contributed by atoms with Gasteiger partial charge in [0.25, 0.3) is 0 Å². The maximum Gasteiger partial charge on any atom is 0.230 e. The highest BCUT2D eigenvalue weighted by Crippen LogP contribution is 2.27. The number of pyridine rings is 1. The molecule has 2 rings (SSSR count). The molecule has 0 fully saturated rings. The molecule has 3 N–H and O–H groups in total. The fourth-order valence-electron chi connectivity index (χ4n) is 1.71. The highest BCUT2D eigenvalue weighted by molar-refractivity contribution is 5.98. The predicted molar refractivity (Wildman–Crippen MR) is 73.1 cm³/mol. The van der Waals surface area contributed by atoms with Gasteiger partial charge in [0.1, 0.15) is 17.3 Å². The molecule has 0 aliphatic carbocycles. The van der Waals surface area contributed by atoms with Gasteiger partial charge in [-0.25, -0.2) is 4.98 Å². The van der Waals surface area contributed by atoms with Gasteiger partial charge in [0.15, 0.2) is 0 Å². The summed E-state index contributed by atoms with van der Waals surface area (Å²) < 4.78 is 10.8. The molecule has 0 amide bonds. The van der Waals surface area contributed by atoms with Gasteiger partial charge in [-0.2, -0.15) is 0 Å². The summed E-state index contributed by atoms with van der Waals surface area (Å²) in [7, 11) is 1.59. The molecule has 0 saturated heterocycles. The number of hydrogen-bond donors (Lipinski definition) is 2. The van der Waals surface area contributed by atoms with E-state index in [2.05, 4.69) is 4.98 Å². The van der Waals surface area contributed by atoms with Crippen molar-refractivity contribution in [2.45, 2.75) is 6.92 Å². The van der Waals surface area contributed by atoms with E-state index in [4.69, 9.17) is 20.6 Å². The third-order valence-corrected chi connectivity index (χ3v) is 2.65. The fraction of sp³-hybridized carbons (Fsp3) is 0.143. The average Bonchev–Trinajstić information content (AvgIpc) is 2.38. The van der Waals surface area contributed by atoms with Gasteiger partial charge < -0.3 is 15.2 Å². The summed E-state index contributed by atoms with van der Waals surface area (Å²) in [5.41, 5.74) is 6.92. The Balaban J connectivity index is 2.38. The summed E-state index contributed by atoms with van der Waals surface area (Å²) >= 11 is 0. The van der Waals surface area contributed by atoms with Crippen molar-refractivity contribution in [3.63, 3.8) is 0 Å². The maximum atomic E-state index is 7.59. The van der Waals surface area contributed by atoms with E-state index in [-0.39, 0.29) is 5.84 Å². The summed E-state index contributed by atoms with van der Waals surface area (Å²) in [6, 6.07) is 8.96. The summed E-state index contributed by atoms with van der Waals surface area (Å²) in [6.45, 7) is 1.86. The molecule has 0 aliphatic heterocycles. The lowest BCUT2D eigenvalue weighted by atomic mass is 10.1. The number of benzene rings is 1. The second-order valence-corrected chi connectivity index (χ2v) is 4.00. The number of aryl methyl sites for hydroxylation is 1. The average molecular weight is 257 g/mol. The lowest BCUT2D eigenvalue weighted by Crippen LogP contribution is -2.14. The van der Waals surface area contributed by atoms with Gasteiger partial charge in [-0.15, -0.1) is 0 Å². The van der Waals surface area contributed by atoms with E-state index in [1.54, 1.807) is 31.5 Å². The number of hydrogen-bond acceptors (Lipinski definition) is 4. The minimum Gasteiger partial charge on any atom is -0.497 e. The van der Waals surface area contributed by atoms with Crippen molar-refractivity contribution in [1.82, 2.24) is 4.98 Å². The van der Waals surface area contributed by atoms with Crippen LogP contribution in [0.4, 0.5) is 0 Å². The van der Waals surface area contributed by atoms with Gasteiger partial charge in [0.2, 0.25) is 5.88 Å². The fourth-order valence-corrected chi connectivity index (χ4v) is 1.71. The van der Waals surface area contributed by atoms with Crippen molar-refractivity contribution in [3.05, 3.63) is 47.7 Å². The summed E-state index contributed by atoms with van der Waals surface area (Å²) in [4.78, 5) is 4.13. The van der Waals surface area contributed by atoms with Crippen molar-refractivity contribution in [3.8, 4) is 17.4 Å². The van der Waals surface area contributed by atoms with Crippen LogP contribution < -0.4 is 15.2 Å². The SMILES string of the molecule is COc1cccc(Oc2nccc(C)c2C(=N)N)c1. The molecule has 0 spiro atoms. The van der Waals surface area contributed by atoms with Gasteiger partial charge >= 0.3 is 0 Å². The van der Waals surface area contributed by atoms with Crippen LogP contribution in [-0.2, 0) is 0 Å². The normalized spacial score (nSPS) is 10.0. The van der Waals surface area contributed by atoms with Crippen LogP contribution in [0.1, 0.15) is 11.1 Å². The molecule has 2 aromatic rings. The van der Waals surface area contributed by atoms with Crippen LogP contribution in [0.3, 0.4) is 0 Å². The molecule has 1 aromatic carbocycles. The second kappa shape index (κ2) is 5.39. The molecule has 0 bridgehead atoms. The Labute approximate surface area is 111 Å². The molecule has 1 heterocycles. The molecule has 98 valence electrons. The van der Waals surface area contributed by atoms with Gasteiger partial charge in [0, 0.05) is 12.3 Å². The topological polar surface area (TPSA) is 81.2 Å². The summed E-state index contributed by atoms with van der Waals surface area (Å²) in [6.07, 6.45) is 1.62. The first-order valence-corrected chi connectivity index (χ1v) is 5.73. The zero-order chi connectivity index (χ0) is 13.8. The maximum absolute atomic E-state index is 7.59. The van der Waals surface area contributed by atoms with E-state index >= 15 is 0 Å². The van der Waals surface area contributed by atoms with E-state index in [1.165, 1.54) is 0 Å². The number of nitrogen functional groups attached to an aromatic ring is 1. The molecule has 0 aliphatic rings. The first kappa shape index (κ1) is 12.9. The van der Waals surface area contributed by atoms with E-state index < -0.39 is 0 Å². The molecule has 19 heavy (non-hydrogen) atoms. The first-order chi connectivity index (χ1) is 9.11. The van der Waals surface area contributed by atoms with Gasteiger partial charge in [-0.1, -0.05) is 6.07 Å². The quantitative estimate of drug-likeness (QED) is 0.651. The van der Waals surface area contributed by atoms with Crippen LogP contribution in [0, 0.1) is 12.3 Å². The first-order valence-electron chi connectivity index (χ1n) is 5.73. The Morgan fingerprint density at radius 3 is 2.68 bits per heavy atom. The number of amidine groups is 1. The van der Waals surface area contributed by atoms with E-state index in [9.17, 15) is 0 Å². The molecule has 0 atom stereocenters. The Morgan fingerprint density at radius 1 is 1.26 bits per heavy atom. The van der Waals surface area contributed by atoms with Crippen LogP contribution in [-0.4, -0.2) is 17.9 Å². The molecule has 5 nitrogen and oxygen atoms in total. The number of aromatic nitrogens is 1. The van der Waals surface area contributed by atoms with Crippen LogP contribution in [0.2, 0.25) is 0 Å². The number of nitrogens with one attached hydrogen (secondary N) is 1. The number of methoxy groups -OCH3 is 1. The number of ether oxygens (including phenoxy) is 2. The Morgan fingerprint density at radius 2 is 2.00 bits per heavy atom. The van der Waals surface area contributed by atoms with Crippen molar-refractivity contribution in [1.29, 1.82) is 5.41 Å². The zero-order valence-corrected chi connectivity index (χ0v) is 10.8. The molecule has 5 heteroatoms. The van der Waals surface area contributed by atoms with Crippen molar-refractivity contribution >= 4 is 5.84 Å². The zero-order valence-electron chi connectivity index (χ0n) is 10.8.